The summed E-state index contributed by atoms with van der Waals surface area (Å²) in [5.41, 5.74) is 0. The normalized spacial score (nSPS) is 10.6. The average molecular weight is 565 g/mol. The number of hydrogen-bond donors (Lipinski definition) is 2. The molecule has 0 heterocycles. The quantitative estimate of drug-likeness (QED) is 0.0629. The molecule has 0 fully saturated rings. The first-order chi connectivity index (χ1) is 19.5. The molecule has 4 heteroatoms. The lowest BCUT2D eigenvalue weighted by Gasteiger charge is -2.03. The molecule has 0 aliphatic heterocycles. The van der Waals surface area contributed by atoms with Crippen molar-refractivity contribution in [2.75, 3.05) is 0 Å². The second-order valence-electron chi connectivity index (χ2n) is 11.6. The number of hydrogen-bond acceptors (Lipinski definition) is 2. The third-order valence-electron chi connectivity index (χ3n) is 7.60. The summed E-state index contributed by atoms with van der Waals surface area (Å²) in [5.74, 6) is -1.36. The minimum Gasteiger partial charge on any atom is -0.481 e. The predicted octanol–water partition coefficient (Wildman–Crippen LogP) is 12.2. The van der Waals surface area contributed by atoms with Gasteiger partial charge in [0.25, 0.3) is 0 Å². The Balaban J connectivity index is 0. The van der Waals surface area contributed by atoms with Gasteiger partial charge in [-0.2, -0.15) is 0 Å². The summed E-state index contributed by atoms with van der Waals surface area (Å²) in [5, 5.41) is 17.0. The number of carboxylic acids is 2. The summed E-state index contributed by atoms with van der Waals surface area (Å²) in [7, 11) is 0. The van der Waals surface area contributed by atoms with Crippen LogP contribution in [0.25, 0.3) is 0 Å². The molecule has 40 heavy (non-hydrogen) atoms. The van der Waals surface area contributed by atoms with Crippen LogP contribution < -0.4 is 0 Å². The molecule has 0 bridgehead atoms. The Morgan fingerprint density at radius 3 is 0.700 bits per heavy atom. The second kappa shape index (κ2) is 37.4. The van der Waals surface area contributed by atoms with Gasteiger partial charge in [-0.1, -0.05) is 153 Å². The average Bonchev–Trinajstić information content (AvgIpc) is 2.93. The van der Waals surface area contributed by atoms with Gasteiger partial charge in [0.05, 0.1) is 0 Å². The lowest BCUT2D eigenvalue weighted by Crippen LogP contribution is -1.93. The molecule has 0 aliphatic carbocycles. The highest BCUT2D eigenvalue weighted by atomic mass is 16.4. The van der Waals surface area contributed by atoms with Crippen LogP contribution in [0.3, 0.4) is 0 Å². The fraction of sp³-hybridized carbons (Fsp3) is 0.833. The van der Waals surface area contributed by atoms with Crippen molar-refractivity contribution in [2.24, 2.45) is 0 Å². The summed E-state index contributed by atoms with van der Waals surface area (Å²) in [6.07, 6.45) is 40.5. The van der Waals surface area contributed by atoms with Crippen molar-refractivity contribution < 1.29 is 19.8 Å². The van der Waals surface area contributed by atoms with E-state index >= 15 is 0 Å². The lowest BCUT2D eigenvalue weighted by atomic mass is 10.0. The fourth-order valence-electron chi connectivity index (χ4n) is 5.02. The minimum absolute atomic E-state index is 0.316. The number of allylic oxidation sites excluding steroid dienone is 2. The van der Waals surface area contributed by atoms with Crippen LogP contribution in [-0.2, 0) is 9.59 Å². The van der Waals surface area contributed by atoms with Crippen molar-refractivity contribution in [1.82, 2.24) is 0 Å². The number of carboxylic acid groups (broad SMARTS) is 2. The highest BCUT2D eigenvalue weighted by molar-refractivity contribution is 5.66. The van der Waals surface area contributed by atoms with Crippen molar-refractivity contribution in [3.8, 4) is 0 Å². The van der Waals surface area contributed by atoms with Crippen LogP contribution in [0.2, 0.25) is 0 Å². The monoisotopic (exact) mass is 565 g/mol. The molecular formula is C36H68O4. The Hall–Kier alpha value is -1.58. The van der Waals surface area contributed by atoms with Crippen molar-refractivity contribution in [3.05, 3.63) is 25.3 Å². The predicted molar refractivity (Wildman–Crippen MR) is 174 cm³/mol. The zero-order valence-corrected chi connectivity index (χ0v) is 26.5. The first-order valence-corrected chi connectivity index (χ1v) is 17.2. The lowest BCUT2D eigenvalue weighted by molar-refractivity contribution is -0.138. The van der Waals surface area contributed by atoms with Crippen LogP contribution in [-0.4, -0.2) is 22.2 Å². The zero-order chi connectivity index (χ0) is 29.8. The molecule has 0 aliphatic rings. The van der Waals surface area contributed by atoms with E-state index in [9.17, 15) is 9.59 Å². The zero-order valence-electron chi connectivity index (χ0n) is 26.5. The largest absolute Gasteiger partial charge is 0.481 e. The van der Waals surface area contributed by atoms with Gasteiger partial charge in [-0.25, -0.2) is 0 Å². The van der Waals surface area contributed by atoms with E-state index in [2.05, 4.69) is 13.2 Å². The maximum Gasteiger partial charge on any atom is 0.303 e. The summed E-state index contributed by atoms with van der Waals surface area (Å²) in [4.78, 5) is 20.7. The van der Waals surface area contributed by atoms with E-state index in [1.807, 2.05) is 12.2 Å². The van der Waals surface area contributed by atoms with E-state index < -0.39 is 11.9 Å². The Morgan fingerprint density at radius 2 is 0.525 bits per heavy atom. The van der Waals surface area contributed by atoms with Crippen molar-refractivity contribution in [1.29, 1.82) is 0 Å². The fourth-order valence-corrected chi connectivity index (χ4v) is 5.02. The Bertz CT molecular complexity index is 495. The summed E-state index contributed by atoms with van der Waals surface area (Å²) in [6.45, 7) is 7.51. The van der Waals surface area contributed by atoms with Crippen molar-refractivity contribution in [3.63, 3.8) is 0 Å². The van der Waals surface area contributed by atoms with Gasteiger partial charge < -0.3 is 10.2 Å². The van der Waals surface area contributed by atoms with Gasteiger partial charge in [-0.3, -0.25) is 9.59 Å². The summed E-state index contributed by atoms with van der Waals surface area (Å²) in [6, 6.07) is 0. The van der Waals surface area contributed by atoms with E-state index in [0.29, 0.717) is 12.8 Å². The maximum atomic E-state index is 10.3. The summed E-state index contributed by atoms with van der Waals surface area (Å²) < 4.78 is 0. The van der Waals surface area contributed by atoms with Gasteiger partial charge in [-0.15, -0.1) is 13.2 Å². The molecule has 0 aromatic carbocycles. The van der Waals surface area contributed by atoms with Crippen LogP contribution in [0.5, 0.6) is 0 Å². The first kappa shape index (κ1) is 40.6. The van der Waals surface area contributed by atoms with E-state index in [0.717, 1.165) is 25.7 Å². The van der Waals surface area contributed by atoms with Crippen molar-refractivity contribution in [2.45, 2.75) is 193 Å². The number of aliphatic carboxylic acids is 2. The smallest absolute Gasteiger partial charge is 0.303 e. The van der Waals surface area contributed by atoms with Gasteiger partial charge in [0.1, 0.15) is 0 Å². The van der Waals surface area contributed by atoms with Gasteiger partial charge in [-0.05, 0) is 38.5 Å². The van der Waals surface area contributed by atoms with Gasteiger partial charge in [0.15, 0.2) is 0 Å². The van der Waals surface area contributed by atoms with Gasteiger partial charge >= 0.3 is 11.9 Å². The standard InChI is InChI=1S/C18H34O4.C18H34/c19-17(20)15-13-11-9-7-5-3-1-2-4-6-8-10-12-14-16-18(21)22;1-3-5-7-9-11-13-15-17-18-16-14-12-10-8-6-4-2/h1-16H2,(H,19,20)(H,21,22);3-4H,1-2,5-18H2. The second-order valence-corrected chi connectivity index (χ2v) is 11.6. The number of rotatable bonds is 32. The molecule has 0 aromatic heterocycles. The van der Waals surface area contributed by atoms with E-state index in [4.69, 9.17) is 10.2 Å². The molecule has 236 valence electrons. The third kappa shape index (κ3) is 43.5. The number of carbonyl (C=O) groups is 2. The van der Waals surface area contributed by atoms with Crippen molar-refractivity contribution >= 4 is 11.9 Å². The van der Waals surface area contributed by atoms with Crippen LogP contribution in [0.15, 0.2) is 25.3 Å². The third-order valence-corrected chi connectivity index (χ3v) is 7.60. The van der Waals surface area contributed by atoms with Crippen LogP contribution in [0.1, 0.15) is 193 Å². The first-order valence-electron chi connectivity index (χ1n) is 17.2. The molecule has 0 spiro atoms. The van der Waals surface area contributed by atoms with Gasteiger partial charge in [0, 0.05) is 12.8 Å². The molecule has 0 saturated carbocycles. The highest BCUT2D eigenvalue weighted by Crippen LogP contribution is 2.14. The van der Waals surface area contributed by atoms with Gasteiger partial charge in [0.2, 0.25) is 0 Å². The van der Waals surface area contributed by atoms with Crippen LogP contribution >= 0.6 is 0 Å². The molecule has 0 rings (SSSR count). The molecule has 0 aromatic rings. The topological polar surface area (TPSA) is 74.6 Å². The molecular weight excluding hydrogens is 496 g/mol. The molecule has 0 saturated heterocycles. The highest BCUT2D eigenvalue weighted by Gasteiger charge is 1.98. The minimum atomic E-state index is -0.679. The van der Waals surface area contributed by atoms with E-state index in [1.165, 1.54) is 154 Å². The molecule has 0 unspecified atom stereocenters. The Morgan fingerprint density at radius 1 is 0.350 bits per heavy atom. The SMILES string of the molecule is C=CCCCCCCCCCCCCCCC=C.O=C(O)CCCCCCCCCCCCCCCCC(=O)O. The van der Waals surface area contributed by atoms with E-state index in [-0.39, 0.29) is 0 Å². The summed E-state index contributed by atoms with van der Waals surface area (Å²) >= 11 is 0. The van der Waals surface area contributed by atoms with Crippen LogP contribution in [0, 0.1) is 0 Å². The van der Waals surface area contributed by atoms with E-state index in [1.54, 1.807) is 0 Å². The Labute approximate surface area is 249 Å². The molecule has 0 amide bonds. The molecule has 4 nitrogen and oxygen atoms in total. The molecule has 2 N–H and O–H groups in total. The van der Waals surface area contributed by atoms with Crippen LogP contribution in [0.4, 0.5) is 0 Å². The number of unbranched alkanes of at least 4 members (excludes halogenated alkanes) is 26. The maximum absolute atomic E-state index is 10.3. The Kier molecular flexibility index (Phi) is 37.9. The molecule has 0 radical (unpaired) electrons. The molecule has 0 atom stereocenters.